The van der Waals surface area contributed by atoms with Crippen molar-refractivity contribution >= 4 is 27.4 Å². The molecule has 0 saturated carbocycles. The highest BCUT2D eigenvalue weighted by Gasteiger charge is 2.42. The summed E-state index contributed by atoms with van der Waals surface area (Å²) in [5.41, 5.74) is 5.12. The molecule has 3 heteroatoms. The smallest absolute Gasteiger partial charge is 0.192 e. The van der Waals surface area contributed by atoms with Gasteiger partial charge in [0.2, 0.25) is 0 Å². The van der Waals surface area contributed by atoms with Gasteiger partial charge >= 0.3 is 0 Å². The SMILES string of the molecule is C[NH+]1C(=CC=CC=C2C=CC(=O)C(Br)=C2)C(C)(C)c2ccccc21. The highest BCUT2D eigenvalue weighted by atomic mass is 79.9. The Labute approximate surface area is 151 Å². The number of benzene rings is 1. The summed E-state index contributed by atoms with van der Waals surface area (Å²) in [6.45, 7) is 4.55. The van der Waals surface area contributed by atoms with E-state index in [4.69, 9.17) is 0 Å². The molecule has 0 radical (unpaired) electrons. The molecule has 1 N–H and O–H groups in total. The molecule has 2 nitrogen and oxygen atoms in total. The van der Waals surface area contributed by atoms with Gasteiger partial charge in [-0.3, -0.25) is 9.69 Å². The highest BCUT2D eigenvalue weighted by Crippen LogP contribution is 2.37. The van der Waals surface area contributed by atoms with E-state index in [9.17, 15) is 4.79 Å². The zero-order chi connectivity index (χ0) is 17.3. The van der Waals surface area contributed by atoms with Crippen LogP contribution in [0.25, 0.3) is 0 Å². The van der Waals surface area contributed by atoms with Crippen molar-refractivity contribution in [1.29, 1.82) is 0 Å². The number of nitrogens with one attached hydrogen (secondary N) is 1. The molecule has 0 saturated heterocycles. The highest BCUT2D eigenvalue weighted by molar-refractivity contribution is 9.12. The van der Waals surface area contributed by atoms with Crippen molar-refractivity contribution in [3.8, 4) is 0 Å². The summed E-state index contributed by atoms with van der Waals surface area (Å²) in [7, 11) is 2.20. The summed E-state index contributed by atoms with van der Waals surface area (Å²) in [6, 6.07) is 8.63. The van der Waals surface area contributed by atoms with Crippen molar-refractivity contribution < 1.29 is 9.69 Å². The molecular formula is C21H21BrNO+. The van der Waals surface area contributed by atoms with E-state index in [1.54, 1.807) is 6.08 Å². The summed E-state index contributed by atoms with van der Waals surface area (Å²) < 4.78 is 0.597. The molecule has 1 aliphatic carbocycles. The lowest BCUT2D eigenvalue weighted by Gasteiger charge is -2.18. The molecule has 0 amide bonds. The van der Waals surface area contributed by atoms with Gasteiger partial charge in [0.15, 0.2) is 5.78 Å². The summed E-state index contributed by atoms with van der Waals surface area (Å²) in [5.74, 6) is 0.00828. The molecule has 1 heterocycles. The molecule has 0 fully saturated rings. The minimum Gasteiger partial charge on any atom is -0.289 e. The number of rotatable bonds is 2. The molecule has 3 rings (SSSR count). The Hall–Kier alpha value is -1.97. The Morgan fingerprint density at radius 1 is 1.08 bits per heavy atom. The first-order valence-electron chi connectivity index (χ1n) is 8.04. The maximum atomic E-state index is 11.4. The number of para-hydroxylation sites is 1. The van der Waals surface area contributed by atoms with Crippen LogP contribution in [0.3, 0.4) is 0 Å². The molecule has 24 heavy (non-hydrogen) atoms. The lowest BCUT2D eigenvalue weighted by Crippen LogP contribution is -3.01. The largest absolute Gasteiger partial charge is 0.289 e. The zero-order valence-corrected chi connectivity index (χ0v) is 15.7. The van der Waals surface area contributed by atoms with Crippen LogP contribution in [0.1, 0.15) is 19.4 Å². The molecule has 122 valence electrons. The number of carbonyl (C=O) groups excluding carboxylic acids is 1. The third-order valence-corrected chi connectivity index (χ3v) is 5.32. The van der Waals surface area contributed by atoms with Crippen LogP contribution in [0.4, 0.5) is 5.69 Å². The monoisotopic (exact) mass is 382 g/mol. The third kappa shape index (κ3) is 3.02. The lowest BCUT2D eigenvalue weighted by atomic mass is 9.84. The van der Waals surface area contributed by atoms with Gasteiger partial charge < -0.3 is 0 Å². The standard InChI is InChI=1S/C21H20BrNO/c1-21(2)16-9-5-6-10-18(16)23(3)20(21)11-7-4-8-15-12-13-19(24)17(22)14-15/h4-14H,1-3H3/p+1. The second kappa shape index (κ2) is 6.50. The number of hydrogen-bond acceptors (Lipinski definition) is 1. The first-order valence-corrected chi connectivity index (χ1v) is 8.83. The van der Waals surface area contributed by atoms with Crippen molar-refractivity contribution in [3.05, 3.63) is 88.1 Å². The van der Waals surface area contributed by atoms with Crippen LogP contribution in [0.5, 0.6) is 0 Å². The zero-order valence-electron chi connectivity index (χ0n) is 14.1. The molecule has 0 aromatic heterocycles. The summed E-state index contributed by atoms with van der Waals surface area (Å²) >= 11 is 3.28. The van der Waals surface area contributed by atoms with E-state index >= 15 is 0 Å². The second-order valence-electron chi connectivity index (χ2n) is 6.62. The molecule has 0 spiro atoms. The summed E-state index contributed by atoms with van der Waals surface area (Å²) in [4.78, 5) is 12.7. The minimum absolute atomic E-state index is 0.00828. The van der Waals surface area contributed by atoms with E-state index in [1.807, 2.05) is 24.3 Å². The van der Waals surface area contributed by atoms with Crippen molar-refractivity contribution in [2.75, 3.05) is 7.05 Å². The Bertz CT molecular complexity index is 837. The number of ketones is 1. The van der Waals surface area contributed by atoms with Gasteiger partial charge in [-0.1, -0.05) is 42.5 Å². The van der Waals surface area contributed by atoms with Crippen LogP contribution < -0.4 is 4.90 Å². The molecule has 1 aliphatic heterocycles. The van der Waals surface area contributed by atoms with Gasteiger partial charge in [-0.2, -0.15) is 0 Å². The Morgan fingerprint density at radius 3 is 2.50 bits per heavy atom. The summed E-state index contributed by atoms with van der Waals surface area (Å²) in [5, 5.41) is 0. The second-order valence-corrected chi connectivity index (χ2v) is 7.47. The Kier molecular flexibility index (Phi) is 4.57. The number of hydrogen-bond donors (Lipinski definition) is 1. The van der Waals surface area contributed by atoms with Crippen LogP contribution in [0.2, 0.25) is 0 Å². The van der Waals surface area contributed by atoms with Crippen LogP contribution in [0.15, 0.2) is 82.6 Å². The van der Waals surface area contributed by atoms with E-state index in [0.717, 1.165) is 5.57 Å². The molecule has 1 unspecified atom stereocenters. The molecule has 2 aliphatic rings. The number of likely N-dealkylation sites (N-methyl/N-ethyl adjacent to an activating group) is 1. The van der Waals surface area contributed by atoms with Gasteiger partial charge in [0.25, 0.3) is 0 Å². The fourth-order valence-corrected chi connectivity index (χ4v) is 3.78. The van der Waals surface area contributed by atoms with Crippen LogP contribution in [0, 0.1) is 0 Å². The van der Waals surface area contributed by atoms with Gasteiger partial charge in [-0.15, -0.1) is 0 Å². The summed E-state index contributed by atoms with van der Waals surface area (Å²) in [6.07, 6.45) is 13.5. The van der Waals surface area contributed by atoms with E-state index in [-0.39, 0.29) is 11.2 Å². The third-order valence-electron chi connectivity index (χ3n) is 4.70. The molecule has 1 atom stereocenters. The van der Waals surface area contributed by atoms with Crippen molar-refractivity contribution in [1.82, 2.24) is 0 Å². The van der Waals surface area contributed by atoms with Gasteiger partial charge in [0.1, 0.15) is 11.4 Å². The first-order chi connectivity index (χ1) is 11.4. The van der Waals surface area contributed by atoms with Gasteiger partial charge in [0, 0.05) is 5.56 Å². The molecule has 0 bridgehead atoms. The van der Waals surface area contributed by atoms with E-state index in [1.165, 1.54) is 21.8 Å². The normalized spacial score (nSPS) is 25.6. The predicted octanol–water partition coefficient (Wildman–Crippen LogP) is 3.91. The van der Waals surface area contributed by atoms with Gasteiger partial charge in [-0.05, 0) is 59.6 Å². The fraction of sp³-hybridized carbons (Fsp3) is 0.190. The van der Waals surface area contributed by atoms with Crippen LogP contribution >= 0.6 is 15.9 Å². The van der Waals surface area contributed by atoms with Gasteiger partial charge in [0.05, 0.1) is 16.9 Å². The van der Waals surface area contributed by atoms with Crippen molar-refractivity contribution in [3.63, 3.8) is 0 Å². The van der Waals surface area contributed by atoms with E-state index in [0.29, 0.717) is 4.48 Å². The number of halogens is 1. The molecule has 1 aromatic rings. The number of quaternary nitrogens is 1. The van der Waals surface area contributed by atoms with E-state index < -0.39 is 0 Å². The topological polar surface area (TPSA) is 21.5 Å². The molecule has 1 aromatic carbocycles. The average molecular weight is 383 g/mol. The Morgan fingerprint density at radius 2 is 1.79 bits per heavy atom. The van der Waals surface area contributed by atoms with Crippen LogP contribution in [-0.4, -0.2) is 12.8 Å². The van der Waals surface area contributed by atoms with Crippen molar-refractivity contribution in [2.24, 2.45) is 0 Å². The number of carbonyl (C=O) groups is 1. The lowest BCUT2D eigenvalue weighted by molar-refractivity contribution is -0.764. The first kappa shape index (κ1) is 16.9. The number of allylic oxidation sites excluding steroid dienone is 10. The maximum Gasteiger partial charge on any atom is 0.192 e. The molecular weight excluding hydrogens is 362 g/mol. The van der Waals surface area contributed by atoms with Gasteiger partial charge in [-0.25, -0.2) is 0 Å². The van der Waals surface area contributed by atoms with Crippen molar-refractivity contribution in [2.45, 2.75) is 19.3 Å². The predicted molar refractivity (Wildman–Crippen MR) is 102 cm³/mol. The average Bonchev–Trinajstić information content (AvgIpc) is 2.75. The fourth-order valence-electron chi connectivity index (χ4n) is 3.39. The number of fused-ring (bicyclic) bond motifs is 1. The minimum atomic E-state index is 0.00828. The maximum absolute atomic E-state index is 11.4. The van der Waals surface area contributed by atoms with E-state index in [2.05, 4.69) is 73.2 Å². The Balaban J connectivity index is 1.83. The van der Waals surface area contributed by atoms with Crippen LogP contribution in [-0.2, 0) is 10.2 Å². The quantitative estimate of drug-likeness (QED) is 0.822.